The summed E-state index contributed by atoms with van der Waals surface area (Å²) in [4.78, 5) is 0. The fourth-order valence-electron chi connectivity index (χ4n) is 1.33. The summed E-state index contributed by atoms with van der Waals surface area (Å²) in [7, 11) is 0. The third kappa shape index (κ3) is 4.14. The van der Waals surface area contributed by atoms with Crippen molar-refractivity contribution >= 4 is 11.8 Å². The van der Waals surface area contributed by atoms with Crippen molar-refractivity contribution in [1.82, 2.24) is 0 Å². The smallest absolute Gasteiger partial charge is 0.126 e. The molecule has 0 saturated carbocycles. The van der Waals surface area contributed by atoms with Crippen molar-refractivity contribution in [3.8, 4) is 0 Å². The van der Waals surface area contributed by atoms with Gasteiger partial charge in [0.15, 0.2) is 0 Å². The SMILES string of the molecule is Cc1ccc(C(O)CSCC(C)C)cc1F. The van der Waals surface area contributed by atoms with Gasteiger partial charge in [0.1, 0.15) is 5.82 Å². The molecule has 1 N–H and O–H groups in total. The molecular formula is C13H19FOS. The van der Waals surface area contributed by atoms with Gasteiger partial charge in [0.25, 0.3) is 0 Å². The average molecular weight is 242 g/mol. The van der Waals surface area contributed by atoms with Crippen LogP contribution in [0.25, 0.3) is 0 Å². The number of aliphatic hydroxyl groups is 1. The number of hydrogen-bond donors (Lipinski definition) is 1. The molecule has 0 saturated heterocycles. The number of aryl methyl sites for hydroxylation is 1. The van der Waals surface area contributed by atoms with Crippen LogP contribution in [0.2, 0.25) is 0 Å². The Labute approximate surface area is 101 Å². The minimum Gasteiger partial charge on any atom is -0.388 e. The van der Waals surface area contributed by atoms with Crippen LogP contribution in [0, 0.1) is 18.7 Å². The first-order chi connectivity index (χ1) is 7.50. The minimum atomic E-state index is -0.571. The van der Waals surface area contributed by atoms with Crippen molar-refractivity contribution in [3.63, 3.8) is 0 Å². The zero-order chi connectivity index (χ0) is 12.1. The molecule has 0 aliphatic carbocycles. The highest BCUT2D eigenvalue weighted by atomic mass is 32.2. The number of halogens is 1. The second kappa shape index (κ2) is 6.26. The molecule has 3 heteroatoms. The van der Waals surface area contributed by atoms with E-state index in [1.807, 2.05) is 0 Å². The van der Waals surface area contributed by atoms with E-state index in [0.717, 1.165) is 5.75 Å². The summed E-state index contributed by atoms with van der Waals surface area (Å²) in [6, 6.07) is 4.93. The Kier molecular flexibility index (Phi) is 5.29. The predicted molar refractivity (Wildman–Crippen MR) is 68.3 cm³/mol. The minimum absolute atomic E-state index is 0.245. The molecule has 1 aromatic rings. The van der Waals surface area contributed by atoms with Gasteiger partial charge in [-0.15, -0.1) is 0 Å². The van der Waals surface area contributed by atoms with Crippen LogP contribution < -0.4 is 0 Å². The highest BCUT2D eigenvalue weighted by Crippen LogP contribution is 2.21. The molecule has 0 aliphatic heterocycles. The standard InChI is InChI=1S/C13H19FOS/c1-9(2)7-16-8-13(15)11-5-4-10(3)12(14)6-11/h4-6,9,13,15H,7-8H2,1-3H3. The second-order valence-electron chi connectivity index (χ2n) is 4.46. The molecule has 16 heavy (non-hydrogen) atoms. The molecule has 0 aliphatic rings. The molecule has 1 nitrogen and oxygen atoms in total. The van der Waals surface area contributed by atoms with E-state index in [0.29, 0.717) is 22.8 Å². The van der Waals surface area contributed by atoms with Crippen molar-refractivity contribution in [2.75, 3.05) is 11.5 Å². The normalized spacial score (nSPS) is 13.1. The van der Waals surface area contributed by atoms with E-state index in [1.165, 1.54) is 6.07 Å². The average Bonchev–Trinajstić information content (AvgIpc) is 2.21. The topological polar surface area (TPSA) is 20.2 Å². The monoisotopic (exact) mass is 242 g/mol. The number of hydrogen-bond acceptors (Lipinski definition) is 2. The van der Waals surface area contributed by atoms with Crippen LogP contribution in [-0.2, 0) is 0 Å². The maximum atomic E-state index is 13.3. The lowest BCUT2D eigenvalue weighted by molar-refractivity contribution is 0.203. The summed E-state index contributed by atoms with van der Waals surface area (Å²) < 4.78 is 13.3. The molecule has 0 heterocycles. The summed E-state index contributed by atoms with van der Waals surface area (Å²) in [5.74, 6) is 2.02. The van der Waals surface area contributed by atoms with Gasteiger partial charge >= 0.3 is 0 Å². The van der Waals surface area contributed by atoms with Gasteiger partial charge in [-0.2, -0.15) is 11.8 Å². The van der Waals surface area contributed by atoms with Crippen molar-refractivity contribution in [3.05, 3.63) is 35.1 Å². The third-order valence-electron chi connectivity index (χ3n) is 2.31. The van der Waals surface area contributed by atoms with Crippen LogP contribution in [0.15, 0.2) is 18.2 Å². The maximum Gasteiger partial charge on any atom is 0.126 e. The van der Waals surface area contributed by atoms with E-state index in [-0.39, 0.29) is 5.82 Å². The summed E-state index contributed by atoms with van der Waals surface area (Å²) in [6.45, 7) is 6.01. The van der Waals surface area contributed by atoms with Gasteiger partial charge in [-0.1, -0.05) is 26.0 Å². The van der Waals surface area contributed by atoms with E-state index < -0.39 is 6.10 Å². The molecule has 1 rings (SSSR count). The maximum absolute atomic E-state index is 13.3. The largest absolute Gasteiger partial charge is 0.388 e. The summed E-state index contributed by atoms with van der Waals surface area (Å²) >= 11 is 1.70. The Morgan fingerprint density at radius 2 is 2.00 bits per heavy atom. The van der Waals surface area contributed by atoms with E-state index in [1.54, 1.807) is 30.8 Å². The fourth-order valence-corrected chi connectivity index (χ4v) is 2.35. The molecule has 0 fully saturated rings. The Bertz CT molecular complexity index is 339. The van der Waals surface area contributed by atoms with Crippen LogP contribution in [-0.4, -0.2) is 16.6 Å². The van der Waals surface area contributed by atoms with Crippen LogP contribution >= 0.6 is 11.8 Å². The van der Waals surface area contributed by atoms with Gasteiger partial charge in [0.2, 0.25) is 0 Å². The van der Waals surface area contributed by atoms with E-state index >= 15 is 0 Å². The van der Waals surface area contributed by atoms with Gasteiger partial charge in [0, 0.05) is 5.75 Å². The molecule has 1 aromatic carbocycles. The molecule has 1 unspecified atom stereocenters. The molecule has 0 amide bonds. The molecule has 0 spiro atoms. The van der Waals surface area contributed by atoms with Gasteiger partial charge in [-0.3, -0.25) is 0 Å². The van der Waals surface area contributed by atoms with Gasteiger partial charge < -0.3 is 5.11 Å². The Balaban J connectivity index is 2.52. The lowest BCUT2D eigenvalue weighted by atomic mass is 10.1. The number of rotatable bonds is 5. The van der Waals surface area contributed by atoms with Crippen molar-refractivity contribution < 1.29 is 9.50 Å². The van der Waals surface area contributed by atoms with Crippen molar-refractivity contribution in [1.29, 1.82) is 0 Å². The molecule has 0 bridgehead atoms. The number of thioether (sulfide) groups is 1. The van der Waals surface area contributed by atoms with E-state index in [9.17, 15) is 9.50 Å². The first-order valence-corrected chi connectivity index (χ1v) is 6.68. The summed E-state index contributed by atoms with van der Waals surface area (Å²) in [5.41, 5.74) is 1.28. The molecule has 90 valence electrons. The summed E-state index contributed by atoms with van der Waals surface area (Å²) in [6.07, 6.45) is -0.571. The first-order valence-electron chi connectivity index (χ1n) is 5.52. The number of aliphatic hydroxyl groups excluding tert-OH is 1. The highest BCUT2D eigenvalue weighted by Gasteiger charge is 2.09. The molecular weight excluding hydrogens is 223 g/mol. The lowest BCUT2D eigenvalue weighted by Crippen LogP contribution is -2.03. The van der Waals surface area contributed by atoms with Gasteiger partial charge in [-0.05, 0) is 35.8 Å². The zero-order valence-electron chi connectivity index (χ0n) is 10.0. The van der Waals surface area contributed by atoms with Crippen molar-refractivity contribution in [2.24, 2.45) is 5.92 Å². The van der Waals surface area contributed by atoms with Gasteiger partial charge in [-0.25, -0.2) is 4.39 Å². The Hall–Kier alpha value is -0.540. The third-order valence-corrected chi connectivity index (χ3v) is 3.76. The van der Waals surface area contributed by atoms with Crippen molar-refractivity contribution in [2.45, 2.75) is 26.9 Å². The molecule has 0 aromatic heterocycles. The van der Waals surface area contributed by atoms with E-state index in [4.69, 9.17) is 0 Å². The van der Waals surface area contributed by atoms with Crippen LogP contribution in [0.3, 0.4) is 0 Å². The van der Waals surface area contributed by atoms with Crippen LogP contribution in [0.1, 0.15) is 31.1 Å². The zero-order valence-corrected chi connectivity index (χ0v) is 10.9. The first kappa shape index (κ1) is 13.5. The Morgan fingerprint density at radius 3 is 2.56 bits per heavy atom. The molecule has 0 radical (unpaired) electrons. The highest BCUT2D eigenvalue weighted by molar-refractivity contribution is 7.99. The Morgan fingerprint density at radius 1 is 1.31 bits per heavy atom. The van der Waals surface area contributed by atoms with Gasteiger partial charge in [0.05, 0.1) is 6.10 Å². The lowest BCUT2D eigenvalue weighted by Gasteiger charge is -2.12. The fraction of sp³-hybridized carbons (Fsp3) is 0.538. The quantitative estimate of drug-likeness (QED) is 0.852. The molecule has 1 atom stereocenters. The van der Waals surface area contributed by atoms with Crippen LogP contribution in [0.5, 0.6) is 0 Å². The van der Waals surface area contributed by atoms with E-state index in [2.05, 4.69) is 13.8 Å². The second-order valence-corrected chi connectivity index (χ2v) is 5.53. The van der Waals surface area contributed by atoms with Crippen LogP contribution in [0.4, 0.5) is 4.39 Å². The number of benzene rings is 1. The predicted octanol–water partition coefficient (Wildman–Crippen LogP) is 3.56. The summed E-state index contributed by atoms with van der Waals surface area (Å²) in [5, 5.41) is 9.86.